The van der Waals surface area contributed by atoms with E-state index in [2.05, 4.69) is 10.6 Å². The highest BCUT2D eigenvalue weighted by molar-refractivity contribution is 5.78. The number of nitrogens with zero attached hydrogens (tertiary/aromatic N) is 1. The maximum absolute atomic E-state index is 12.0. The number of nitrogens with one attached hydrogen (secondary N) is 2. The Kier molecular flexibility index (Phi) is 5.60. The van der Waals surface area contributed by atoms with E-state index in [0.29, 0.717) is 19.6 Å². The Bertz CT molecular complexity index is 326. The molecule has 0 saturated carbocycles. The topological polar surface area (TPSA) is 70.7 Å². The van der Waals surface area contributed by atoms with Crippen molar-refractivity contribution < 1.29 is 14.3 Å². The van der Waals surface area contributed by atoms with Gasteiger partial charge in [-0.15, -0.1) is 0 Å². The van der Waals surface area contributed by atoms with Crippen LogP contribution in [-0.4, -0.2) is 55.2 Å². The Morgan fingerprint density at radius 2 is 2.05 bits per heavy atom. The number of hydrogen-bond acceptors (Lipinski definition) is 4. The third kappa shape index (κ3) is 5.46. The lowest BCUT2D eigenvalue weighted by atomic mass is 10.2. The molecule has 6 nitrogen and oxygen atoms in total. The molecule has 0 spiro atoms. The maximum Gasteiger partial charge on any atom is 0.410 e. The zero-order valence-electron chi connectivity index (χ0n) is 12.3. The van der Waals surface area contributed by atoms with Crippen molar-refractivity contribution in [1.29, 1.82) is 0 Å². The molecule has 110 valence electrons. The van der Waals surface area contributed by atoms with Crippen LogP contribution in [-0.2, 0) is 9.53 Å². The predicted molar refractivity (Wildman–Crippen MR) is 72.9 cm³/mol. The van der Waals surface area contributed by atoms with E-state index in [9.17, 15) is 9.59 Å². The van der Waals surface area contributed by atoms with E-state index in [1.165, 1.54) is 0 Å². The van der Waals surface area contributed by atoms with Gasteiger partial charge in [-0.1, -0.05) is 0 Å². The van der Waals surface area contributed by atoms with Crippen molar-refractivity contribution in [1.82, 2.24) is 15.5 Å². The van der Waals surface area contributed by atoms with Crippen molar-refractivity contribution in [3.63, 3.8) is 0 Å². The van der Waals surface area contributed by atoms with Crippen LogP contribution in [0.5, 0.6) is 0 Å². The quantitative estimate of drug-likeness (QED) is 0.790. The summed E-state index contributed by atoms with van der Waals surface area (Å²) in [6, 6.07) is 0.0376. The van der Waals surface area contributed by atoms with Crippen LogP contribution in [0.2, 0.25) is 0 Å². The zero-order valence-corrected chi connectivity index (χ0v) is 12.3. The van der Waals surface area contributed by atoms with E-state index in [-0.39, 0.29) is 18.0 Å². The number of ether oxygens (including phenoxy) is 1. The second kappa shape index (κ2) is 6.75. The molecule has 19 heavy (non-hydrogen) atoms. The van der Waals surface area contributed by atoms with Crippen molar-refractivity contribution in [3.05, 3.63) is 0 Å². The lowest BCUT2D eigenvalue weighted by Crippen LogP contribution is -2.46. The second-order valence-electron chi connectivity index (χ2n) is 5.80. The summed E-state index contributed by atoms with van der Waals surface area (Å²) in [5, 5.41) is 5.61. The average molecular weight is 271 g/mol. The number of likely N-dealkylation sites (tertiary alicyclic amines) is 1. The molecular weight excluding hydrogens is 246 g/mol. The summed E-state index contributed by atoms with van der Waals surface area (Å²) in [6.07, 6.45) is 1.56. The molecule has 1 atom stereocenters. The van der Waals surface area contributed by atoms with Crippen LogP contribution in [0.25, 0.3) is 0 Å². The van der Waals surface area contributed by atoms with Crippen LogP contribution >= 0.6 is 0 Å². The standard InChI is InChI=1S/C13H25N3O3/c1-13(2,3)19-12(18)16-7-5-6-10(16)8-15-11(17)9-14-4/h10,14H,5-9H2,1-4H3,(H,15,17). The van der Waals surface area contributed by atoms with Crippen LogP contribution in [0.15, 0.2) is 0 Å². The molecule has 1 fully saturated rings. The molecule has 0 radical (unpaired) electrons. The van der Waals surface area contributed by atoms with Gasteiger partial charge >= 0.3 is 6.09 Å². The lowest BCUT2D eigenvalue weighted by molar-refractivity contribution is -0.120. The molecule has 0 aromatic rings. The fraction of sp³-hybridized carbons (Fsp3) is 0.846. The van der Waals surface area contributed by atoms with Crippen LogP contribution < -0.4 is 10.6 Å². The van der Waals surface area contributed by atoms with Crippen LogP contribution in [0.4, 0.5) is 4.79 Å². The largest absolute Gasteiger partial charge is 0.444 e. The molecule has 1 aliphatic rings. The third-order valence-electron chi connectivity index (χ3n) is 2.88. The number of rotatable bonds is 4. The van der Waals surface area contributed by atoms with Gasteiger partial charge in [-0.05, 0) is 40.7 Å². The molecule has 0 aromatic heterocycles. The van der Waals surface area contributed by atoms with Gasteiger partial charge < -0.3 is 20.3 Å². The minimum atomic E-state index is -0.487. The highest BCUT2D eigenvalue weighted by Gasteiger charge is 2.32. The first-order valence-electron chi connectivity index (χ1n) is 6.74. The van der Waals surface area contributed by atoms with Crippen molar-refractivity contribution in [2.24, 2.45) is 0 Å². The van der Waals surface area contributed by atoms with Gasteiger partial charge in [0.2, 0.25) is 5.91 Å². The van der Waals surface area contributed by atoms with Gasteiger partial charge in [-0.3, -0.25) is 4.79 Å². The van der Waals surface area contributed by atoms with Crippen LogP contribution in [0, 0.1) is 0 Å². The van der Waals surface area contributed by atoms with E-state index in [0.717, 1.165) is 12.8 Å². The average Bonchev–Trinajstić information content (AvgIpc) is 2.72. The lowest BCUT2D eigenvalue weighted by Gasteiger charge is -2.28. The Morgan fingerprint density at radius 3 is 2.63 bits per heavy atom. The molecule has 1 aliphatic heterocycles. The third-order valence-corrected chi connectivity index (χ3v) is 2.88. The highest BCUT2D eigenvalue weighted by atomic mass is 16.6. The molecule has 1 heterocycles. The van der Waals surface area contributed by atoms with E-state index in [1.54, 1.807) is 11.9 Å². The summed E-state index contributed by atoms with van der Waals surface area (Å²) >= 11 is 0. The molecule has 1 saturated heterocycles. The minimum Gasteiger partial charge on any atom is -0.444 e. The Labute approximate surface area is 114 Å². The summed E-state index contributed by atoms with van der Waals surface area (Å²) in [4.78, 5) is 25.1. The number of hydrogen-bond donors (Lipinski definition) is 2. The van der Waals surface area contributed by atoms with E-state index < -0.39 is 5.60 Å². The highest BCUT2D eigenvalue weighted by Crippen LogP contribution is 2.20. The number of carbonyl (C=O) groups is 2. The van der Waals surface area contributed by atoms with Gasteiger partial charge in [0.15, 0.2) is 0 Å². The first kappa shape index (κ1) is 15.8. The molecule has 0 aromatic carbocycles. The smallest absolute Gasteiger partial charge is 0.410 e. The fourth-order valence-electron chi connectivity index (χ4n) is 2.06. The summed E-state index contributed by atoms with van der Waals surface area (Å²) in [5.41, 5.74) is -0.487. The van der Waals surface area contributed by atoms with E-state index in [4.69, 9.17) is 4.74 Å². The van der Waals surface area contributed by atoms with Gasteiger partial charge in [-0.25, -0.2) is 4.79 Å². The minimum absolute atomic E-state index is 0.0376. The molecule has 1 unspecified atom stereocenters. The molecule has 0 bridgehead atoms. The van der Waals surface area contributed by atoms with Gasteiger partial charge in [0, 0.05) is 13.1 Å². The summed E-state index contributed by atoms with van der Waals surface area (Å²) in [5.74, 6) is -0.0569. The van der Waals surface area contributed by atoms with Crippen molar-refractivity contribution in [2.75, 3.05) is 26.7 Å². The Balaban J connectivity index is 2.45. The van der Waals surface area contributed by atoms with Crippen molar-refractivity contribution in [3.8, 4) is 0 Å². The normalized spacial score (nSPS) is 19.4. The predicted octanol–water partition coefficient (Wildman–Crippen LogP) is 0.721. The van der Waals surface area contributed by atoms with Crippen LogP contribution in [0.1, 0.15) is 33.6 Å². The Hall–Kier alpha value is -1.30. The molecule has 6 heteroatoms. The fourth-order valence-corrected chi connectivity index (χ4v) is 2.06. The number of carbonyl (C=O) groups excluding carboxylic acids is 2. The first-order chi connectivity index (χ1) is 8.83. The summed E-state index contributed by atoms with van der Waals surface area (Å²) < 4.78 is 5.37. The van der Waals surface area contributed by atoms with E-state index in [1.807, 2.05) is 20.8 Å². The molecule has 2 N–H and O–H groups in total. The summed E-state index contributed by atoms with van der Waals surface area (Å²) in [6.45, 7) is 7.03. The molecular formula is C13H25N3O3. The first-order valence-corrected chi connectivity index (χ1v) is 6.74. The zero-order chi connectivity index (χ0) is 14.5. The van der Waals surface area contributed by atoms with Crippen molar-refractivity contribution >= 4 is 12.0 Å². The Morgan fingerprint density at radius 1 is 1.37 bits per heavy atom. The second-order valence-corrected chi connectivity index (χ2v) is 5.80. The van der Waals surface area contributed by atoms with Crippen LogP contribution in [0.3, 0.4) is 0 Å². The molecule has 0 aliphatic carbocycles. The van der Waals surface area contributed by atoms with Gasteiger partial charge in [-0.2, -0.15) is 0 Å². The number of amides is 2. The number of likely N-dealkylation sites (N-methyl/N-ethyl adjacent to an activating group) is 1. The van der Waals surface area contributed by atoms with Gasteiger partial charge in [0.05, 0.1) is 12.6 Å². The summed E-state index contributed by atoms with van der Waals surface area (Å²) in [7, 11) is 1.72. The van der Waals surface area contributed by atoms with E-state index >= 15 is 0 Å². The molecule has 1 rings (SSSR count). The van der Waals surface area contributed by atoms with Crippen molar-refractivity contribution in [2.45, 2.75) is 45.3 Å². The molecule has 2 amide bonds. The monoisotopic (exact) mass is 271 g/mol. The maximum atomic E-state index is 12.0. The SMILES string of the molecule is CNCC(=O)NCC1CCCN1C(=O)OC(C)(C)C. The van der Waals surface area contributed by atoms with Gasteiger partial charge in [0.25, 0.3) is 0 Å². The van der Waals surface area contributed by atoms with Gasteiger partial charge in [0.1, 0.15) is 5.60 Å².